The minimum absolute atomic E-state index is 0.0195. The molecule has 0 radical (unpaired) electrons. The summed E-state index contributed by atoms with van der Waals surface area (Å²) in [5.41, 5.74) is 17.1. The predicted molar refractivity (Wildman–Crippen MR) is 258 cm³/mol. The summed E-state index contributed by atoms with van der Waals surface area (Å²) in [6, 6.07) is -10.4. The van der Waals surface area contributed by atoms with E-state index < -0.39 is 120 Å². The lowest BCUT2D eigenvalue weighted by atomic mass is 9.97. The summed E-state index contributed by atoms with van der Waals surface area (Å²) in [5, 5.41) is 34.2. The number of hydrogen-bond acceptors (Lipinski definition) is 13. The molecule has 0 aromatic heterocycles. The molecule has 394 valence electrons. The molecule has 23 heteroatoms. The Labute approximate surface area is 407 Å². The van der Waals surface area contributed by atoms with Gasteiger partial charge >= 0.3 is 0 Å². The number of aliphatic hydroxyl groups is 1. The van der Waals surface area contributed by atoms with Crippen LogP contribution in [0.5, 0.6) is 0 Å². The molecule has 10 atom stereocenters. The Kier molecular flexibility index (Phi) is 28.9. The Balaban J connectivity index is 3.76. The largest absolute Gasteiger partial charge is 0.391 e. The van der Waals surface area contributed by atoms with Gasteiger partial charge in [0.1, 0.15) is 48.3 Å². The number of unbranched alkanes of at least 4 members (excludes halogenated alkanes) is 2. The first kappa shape index (κ1) is 61.6. The first-order valence-corrected chi connectivity index (χ1v) is 24.5. The van der Waals surface area contributed by atoms with Gasteiger partial charge in [-0.3, -0.25) is 47.9 Å². The van der Waals surface area contributed by atoms with Gasteiger partial charge in [0.25, 0.3) is 0 Å². The molecule has 1 heterocycles. The maximum absolute atomic E-state index is 14.4. The number of nitrogens with one attached hydrogen (secondary N) is 9. The minimum Gasteiger partial charge on any atom is -0.391 e. The Bertz CT molecular complexity index is 1710. The van der Waals surface area contributed by atoms with Crippen molar-refractivity contribution in [3.8, 4) is 0 Å². The van der Waals surface area contributed by atoms with Crippen LogP contribution in [-0.4, -0.2) is 138 Å². The highest BCUT2D eigenvalue weighted by molar-refractivity contribution is 5.99. The van der Waals surface area contributed by atoms with Gasteiger partial charge in [-0.2, -0.15) is 0 Å². The summed E-state index contributed by atoms with van der Waals surface area (Å²) in [4.78, 5) is 135. The van der Waals surface area contributed by atoms with E-state index in [1.807, 2.05) is 20.8 Å². The first-order valence-electron chi connectivity index (χ1n) is 24.5. The zero-order valence-corrected chi connectivity index (χ0v) is 42.0. The molecule has 16 N–H and O–H groups in total. The minimum atomic E-state index is -1.62. The molecule has 1 fully saturated rings. The van der Waals surface area contributed by atoms with E-state index in [4.69, 9.17) is 17.2 Å². The van der Waals surface area contributed by atoms with Gasteiger partial charge < -0.3 is 70.2 Å². The number of nitrogens with two attached hydrogens (primary N) is 3. The fraction of sp³-hybridized carbons (Fsp3) is 0.783. The van der Waals surface area contributed by atoms with Crippen LogP contribution in [0, 0.1) is 17.8 Å². The van der Waals surface area contributed by atoms with Crippen LogP contribution in [0.2, 0.25) is 0 Å². The van der Waals surface area contributed by atoms with Gasteiger partial charge in [-0.1, -0.05) is 48.0 Å². The van der Waals surface area contributed by atoms with Gasteiger partial charge in [-0.15, -0.1) is 0 Å². The van der Waals surface area contributed by atoms with Crippen LogP contribution in [0.15, 0.2) is 0 Å². The van der Waals surface area contributed by atoms with Crippen molar-refractivity contribution in [2.45, 2.75) is 193 Å². The fourth-order valence-corrected chi connectivity index (χ4v) is 7.60. The third kappa shape index (κ3) is 23.6. The van der Waals surface area contributed by atoms with E-state index in [0.717, 1.165) is 0 Å². The van der Waals surface area contributed by atoms with Crippen molar-refractivity contribution in [3.05, 3.63) is 0 Å². The fourth-order valence-electron chi connectivity index (χ4n) is 7.60. The van der Waals surface area contributed by atoms with E-state index in [9.17, 15) is 53.1 Å². The highest BCUT2D eigenvalue weighted by Crippen LogP contribution is 2.14. The first-order chi connectivity index (χ1) is 32.4. The molecule has 69 heavy (non-hydrogen) atoms. The average molecular weight is 981 g/mol. The van der Waals surface area contributed by atoms with Crippen LogP contribution in [-0.2, 0) is 47.9 Å². The molecule has 23 nitrogen and oxygen atoms in total. The third-order valence-corrected chi connectivity index (χ3v) is 11.7. The van der Waals surface area contributed by atoms with Crippen LogP contribution >= 0.6 is 0 Å². The molecule has 10 amide bonds. The average Bonchev–Trinajstić information content (AvgIpc) is 3.26. The van der Waals surface area contributed by atoms with Crippen LogP contribution in [0.3, 0.4) is 0 Å². The van der Waals surface area contributed by atoms with Crippen molar-refractivity contribution in [2.24, 2.45) is 35.0 Å². The van der Waals surface area contributed by atoms with Gasteiger partial charge in [-0.25, -0.2) is 0 Å². The van der Waals surface area contributed by atoms with Gasteiger partial charge in [-0.05, 0) is 108 Å². The monoisotopic (exact) mass is 981 g/mol. The maximum atomic E-state index is 14.4. The number of amides is 10. The van der Waals surface area contributed by atoms with Crippen molar-refractivity contribution in [3.63, 3.8) is 0 Å². The van der Waals surface area contributed by atoms with E-state index >= 15 is 0 Å². The number of rotatable bonds is 23. The Morgan fingerprint density at radius 1 is 0.725 bits per heavy atom. The Morgan fingerprint density at radius 2 is 1.33 bits per heavy atom. The zero-order chi connectivity index (χ0) is 52.4. The molecule has 0 aliphatic carbocycles. The van der Waals surface area contributed by atoms with Crippen molar-refractivity contribution >= 4 is 59.1 Å². The molecule has 1 aliphatic heterocycles. The topological polar surface area (TPSA) is 377 Å². The number of aliphatic hydroxyl groups excluding tert-OH is 1. The zero-order valence-electron chi connectivity index (χ0n) is 42.0. The quantitative estimate of drug-likeness (QED) is 0.0486. The molecule has 0 aromatic carbocycles. The van der Waals surface area contributed by atoms with E-state index in [1.165, 1.54) is 13.8 Å². The summed E-state index contributed by atoms with van der Waals surface area (Å²) in [6.07, 6.45) is 0.998. The summed E-state index contributed by atoms with van der Waals surface area (Å²) >= 11 is 0. The molecule has 1 aliphatic rings. The number of carbonyl (C=O) groups is 10. The van der Waals surface area contributed by atoms with Crippen molar-refractivity contribution in [1.29, 1.82) is 0 Å². The summed E-state index contributed by atoms with van der Waals surface area (Å²) in [5.74, 6) is -8.22. The molecule has 0 bridgehead atoms. The van der Waals surface area contributed by atoms with E-state index in [1.54, 1.807) is 20.8 Å². The van der Waals surface area contributed by atoms with Gasteiger partial charge in [0.15, 0.2) is 0 Å². The second kappa shape index (κ2) is 32.4. The number of primary amides is 1. The second-order valence-corrected chi connectivity index (χ2v) is 18.9. The Morgan fingerprint density at radius 3 is 1.90 bits per heavy atom. The molecule has 0 aromatic rings. The summed E-state index contributed by atoms with van der Waals surface area (Å²) in [6.45, 7) is 13.9. The van der Waals surface area contributed by atoms with E-state index in [0.29, 0.717) is 32.1 Å². The SMILES string of the molecule is CC[C@H](C)[C@H](NC(=O)[C@H](CC(C)C)NC(=O)[C@H](CCCCN)NC(=O)[C@@H]1CC(=O)NCCCC[C@H](NC(C)=O)C(=O)N[C@@H]([C@@H](C)O)C(=O)N[C@@H](CC(C)C)C(=O)N[C@@H](CCCCN)C(=O)N1)C(N)=O. The lowest BCUT2D eigenvalue weighted by Gasteiger charge is -2.29. The number of carbonyl (C=O) groups excluding carboxylic acids is 10. The standard InChI is InChI=1S/C46H84N12O11/c1-9-27(6)37(39(49)62)57-45(68)34(23-26(4)5)54-40(63)31(16-10-13-19-47)53-44(67)35-24-36(61)50-21-15-12-18-30(51-29(8)60)42(65)58-38(28(7)59)46(69)56-33(22-25(2)3)43(66)52-32(41(64)55-35)17-11-14-20-48/h25-28,30-35,37-38,59H,9-24,47-48H2,1-8H3,(H2,49,62)(H,50,61)(H,51,60)(H,52,66)(H,53,67)(H,54,63)(H,55,64)(H,56,69)(H,57,68)(H,58,65)/t27-,28+,30-,31-,32-,33-,34-,35-,37-,38-/m0/s1. The molecule has 1 saturated heterocycles. The maximum Gasteiger partial charge on any atom is 0.245 e. The van der Waals surface area contributed by atoms with Gasteiger partial charge in [0.05, 0.1) is 12.5 Å². The molecular formula is C46H84N12O11. The molecular weight excluding hydrogens is 897 g/mol. The highest BCUT2D eigenvalue weighted by atomic mass is 16.3. The summed E-state index contributed by atoms with van der Waals surface area (Å²) < 4.78 is 0. The van der Waals surface area contributed by atoms with Crippen LogP contribution in [0.25, 0.3) is 0 Å². The lowest BCUT2D eigenvalue weighted by molar-refractivity contribution is -0.137. The normalized spacial score (nSPS) is 22.5. The lowest BCUT2D eigenvalue weighted by Crippen LogP contribution is -2.61. The van der Waals surface area contributed by atoms with Gasteiger partial charge in [0, 0.05) is 13.5 Å². The molecule has 0 spiro atoms. The predicted octanol–water partition coefficient (Wildman–Crippen LogP) is -2.16. The van der Waals surface area contributed by atoms with Crippen LogP contribution < -0.4 is 65.1 Å². The molecule has 0 unspecified atom stereocenters. The van der Waals surface area contributed by atoms with E-state index in [-0.39, 0.29) is 82.3 Å². The summed E-state index contributed by atoms with van der Waals surface area (Å²) in [7, 11) is 0. The highest BCUT2D eigenvalue weighted by Gasteiger charge is 2.37. The number of hydrogen-bond donors (Lipinski definition) is 13. The van der Waals surface area contributed by atoms with Crippen molar-refractivity contribution in [2.75, 3.05) is 19.6 Å². The molecule has 1 rings (SSSR count). The van der Waals surface area contributed by atoms with Crippen LogP contribution in [0.4, 0.5) is 0 Å². The molecule has 0 saturated carbocycles. The van der Waals surface area contributed by atoms with Crippen molar-refractivity contribution in [1.82, 2.24) is 47.9 Å². The van der Waals surface area contributed by atoms with Crippen molar-refractivity contribution < 1.29 is 53.1 Å². The Hall–Kier alpha value is -5.42. The van der Waals surface area contributed by atoms with Gasteiger partial charge in [0.2, 0.25) is 59.1 Å². The second-order valence-electron chi connectivity index (χ2n) is 18.9. The third-order valence-electron chi connectivity index (χ3n) is 11.7. The van der Waals surface area contributed by atoms with Crippen LogP contribution in [0.1, 0.15) is 139 Å². The van der Waals surface area contributed by atoms with E-state index in [2.05, 4.69) is 47.9 Å². The smallest absolute Gasteiger partial charge is 0.245 e.